The number of ether oxygens (including phenoxy) is 1. The van der Waals surface area contributed by atoms with Crippen molar-refractivity contribution >= 4 is 32.7 Å². The van der Waals surface area contributed by atoms with Crippen LogP contribution in [0.4, 0.5) is 0 Å². The van der Waals surface area contributed by atoms with Gasteiger partial charge in [0, 0.05) is 28.2 Å². The molecule has 32 heavy (non-hydrogen) atoms. The number of fused-ring (bicyclic) bond motifs is 1. The van der Waals surface area contributed by atoms with Crippen LogP contribution in [0.2, 0.25) is 0 Å². The number of nitrogens with one attached hydrogen (secondary N) is 2. The predicted molar refractivity (Wildman–Crippen MR) is 120 cm³/mol. The summed E-state index contributed by atoms with van der Waals surface area (Å²) in [5.74, 6) is -1.19. The molecular formula is C24H20N2O5S. The molecule has 0 aliphatic carbocycles. The van der Waals surface area contributed by atoms with Gasteiger partial charge in [0.05, 0.1) is 10.5 Å². The van der Waals surface area contributed by atoms with Gasteiger partial charge in [0.1, 0.15) is 0 Å². The van der Waals surface area contributed by atoms with E-state index in [-0.39, 0.29) is 16.2 Å². The second-order valence-corrected chi connectivity index (χ2v) is 8.93. The number of carbonyl (C=O) groups is 2. The maximum atomic E-state index is 13.5. The number of aromatic nitrogens is 1. The van der Waals surface area contributed by atoms with Gasteiger partial charge in [0.25, 0.3) is 0 Å². The number of para-hydroxylation sites is 1. The first-order valence-corrected chi connectivity index (χ1v) is 11.3. The molecule has 3 aromatic carbocycles. The summed E-state index contributed by atoms with van der Waals surface area (Å²) in [5.41, 5.74) is 1.72. The van der Waals surface area contributed by atoms with Gasteiger partial charge in [0.2, 0.25) is 15.8 Å². The Balaban J connectivity index is 1.70. The summed E-state index contributed by atoms with van der Waals surface area (Å²) in [6, 6.07) is 21.5. The molecule has 0 unspecified atom stereocenters. The van der Waals surface area contributed by atoms with Crippen LogP contribution in [0.5, 0.6) is 0 Å². The largest absolute Gasteiger partial charge is 0.445 e. The standard InChI is InChI=1S/C24H20N2O5S/c1-25-32(29,30)18-11-7-10-17(14-18)24(28)31-23(16-8-3-2-4-9-16)22(27)20-15-26-21-13-6-5-12-19(20)21/h2-15,23,25-26H,1H3/t23-/m1/s1. The van der Waals surface area contributed by atoms with Gasteiger partial charge in [-0.15, -0.1) is 0 Å². The van der Waals surface area contributed by atoms with Crippen LogP contribution in [-0.2, 0) is 14.8 Å². The molecule has 162 valence electrons. The fourth-order valence-corrected chi connectivity index (χ4v) is 4.18. The van der Waals surface area contributed by atoms with Crippen LogP contribution in [0.25, 0.3) is 10.9 Å². The maximum absolute atomic E-state index is 13.5. The second kappa shape index (κ2) is 8.78. The fourth-order valence-electron chi connectivity index (χ4n) is 3.40. The van der Waals surface area contributed by atoms with E-state index in [1.165, 1.54) is 31.3 Å². The molecule has 0 saturated heterocycles. The van der Waals surface area contributed by atoms with Crippen LogP contribution >= 0.6 is 0 Å². The zero-order chi connectivity index (χ0) is 22.7. The Morgan fingerprint density at radius 2 is 1.66 bits per heavy atom. The number of rotatable bonds is 7. The molecule has 0 amide bonds. The minimum absolute atomic E-state index is 0.0222. The van der Waals surface area contributed by atoms with Gasteiger partial charge in [-0.05, 0) is 31.3 Å². The lowest BCUT2D eigenvalue weighted by atomic mass is 9.99. The first kappa shape index (κ1) is 21.5. The molecule has 4 rings (SSSR count). The highest BCUT2D eigenvalue weighted by atomic mass is 32.2. The van der Waals surface area contributed by atoms with Gasteiger partial charge >= 0.3 is 5.97 Å². The number of hydrogen-bond acceptors (Lipinski definition) is 5. The number of H-pyrrole nitrogens is 1. The molecule has 0 aliphatic heterocycles. The fraction of sp³-hybridized carbons (Fsp3) is 0.0833. The molecule has 0 spiro atoms. The quantitative estimate of drug-likeness (QED) is 0.330. The third kappa shape index (κ3) is 4.18. The molecule has 1 aromatic heterocycles. The summed E-state index contributed by atoms with van der Waals surface area (Å²) >= 11 is 0. The highest BCUT2D eigenvalue weighted by molar-refractivity contribution is 7.89. The molecule has 8 heteroatoms. The van der Waals surface area contributed by atoms with Crippen LogP contribution in [0.3, 0.4) is 0 Å². The zero-order valence-corrected chi connectivity index (χ0v) is 17.9. The van der Waals surface area contributed by atoms with Gasteiger partial charge in [-0.1, -0.05) is 54.6 Å². The summed E-state index contributed by atoms with van der Waals surface area (Å²) in [4.78, 5) is 29.4. The Bertz CT molecular complexity index is 1390. The van der Waals surface area contributed by atoms with Crippen LogP contribution < -0.4 is 4.72 Å². The number of hydrogen-bond donors (Lipinski definition) is 2. The summed E-state index contributed by atoms with van der Waals surface area (Å²) in [6.45, 7) is 0. The first-order valence-electron chi connectivity index (χ1n) is 9.80. The molecule has 0 saturated carbocycles. The summed E-state index contributed by atoms with van der Waals surface area (Å²) in [5, 5.41) is 0.719. The highest BCUT2D eigenvalue weighted by Gasteiger charge is 2.29. The molecule has 0 fully saturated rings. The number of benzene rings is 3. The van der Waals surface area contributed by atoms with E-state index < -0.39 is 22.1 Å². The van der Waals surface area contributed by atoms with Crippen molar-refractivity contribution in [1.82, 2.24) is 9.71 Å². The van der Waals surface area contributed by atoms with Crippen molar-refractivity contribution in [2.24, 2.45) is 0 Å². The average molecular weight is 449 g/mol. The molecule has 7 nitrogen and oxygen atoms in total. The molecule has 0 radical (unpaired) electrons. The van der Waals surface area contributed by atoms with E-state index >= 15 is 0 Å². The normalized spacial score (nSPS) is 12.4. The Hall–Kier alpha value is -3.75. The molecule has 1 atom stereocenters. The Morgan fingerprint density at radius 3 is 2.41 bits per heavy atom. The third-order valence-electron chi connectivity index (χ3n) is 5.07. The Kier molecular flexibility index (Phi) is 5.89. The van der Waals surface area contributed by atoms with E-state index in [2.05, 4.69) is 9.71 Å². The van der Waals surface area contributed by atoms with Crippen LogP contribution in [0.15, 0.2) is 90.0 Å². The van der Waals surface area contributed by atoms with Crippen molar-refractivity contribution in [1.29, 1.82) is 0 Å². The third-order valence-corrected chi connectivity index (χ3v) is 6.48. The molecule has 4 aromatic rings. The molecule has 0 aliphatic rings. The predicted octanol–water partition coefficient (Wildman–Crippen LogP) is 3.86. The zero-order valence-electron chi connectivity index (χ0n) is 17.1. The van der Waals surface area contributed by atoms with Gasteiger partial charge in [-0.2, -0.15) is 0 Å². The van der Waals surface area contributed by atoms with E-state index in [4.69, 9.17) is 4.74 Å². The van der Waals surface area contributed by atoms with Crippen LogP contribution in [0.1, 0.15) is 32.4 Å². The second-order valence-electron chi connectivity index (χ2n) is 7.04. The van der Waals surface area contributed by atoms with Gasteiger partial charge in [-0.25, -0.2) is 17.9 Å². The van der Waals surface area contributed by atoms with E-state index in [0.717, 1.165) is 10.9 Å². The van der Waals surface area contributed by atoms with Crippen molar-refractivity contribution in [2.45, 2.75) is 11.0 Å². The topological polar surface area (TPSA) is 105 Å². The van der Waals surface area contributed by atoms with Gasteiger partial charge < -0.3 is 9.72 Å². The van der Waals surface area contributed by atoms with E-state index in [9.17, 15) is 18.0 Å². The Morgan fingerprint density at radius 1 is 0.938 bits per heavy atom. The number of Topliss-reactive ketones (excluding diaryl/α,β-unsaturated/α-hetero) is 1. The SMILES string of the molecule is CNS(=O)(=O)c1cccc(C(=O)O[C@@H](C(=O)c2c[nH]c3ccccc23)c2ccccc2)c1. The van der Waals surface area contributed by atoms with E-state index in [1.54, 1.807) is 36.5 Å². The monoisotopic (exact) mass is 448 g/mol. The first-order chi connectivity index (χ1) is 15.4. The van der Waals surface area contributed by atoms with Crippen molar-refractivity contribution < 1.29 is 22.7 Å². The minimum Gasteiger partial charge on any atom is -0.445 e. The molecular weight excluding hydrogens is 428 g/mol. The Labute approximate surface area is 185 Å². The summed E-state index contributed by atoms with van der Waals surface area (Å²) < 4.78 is 32.0. The number of aromatic amines is 1. The number of ketones is 1. The summed E-state index contributed by atoms with van der Waals surface area (Å²) in [6.07, 6.45) is 0.393. The van der Waals surface area contributed by atoms with E-state index in [1.807, 2.05) is 24.3 Å². The minimum atomic E-state index is -3.74. The van der Waals surface area contributed by atoms with Crippen molar-refractivity contribution in [3.63, 3.8) is 0 Å². The van der Waals surface area contributed by atoms with Crippen molar-refractivity contribution in [2.75, 3.05) is 7.05 Å². The maximum Gasteiger partial charge on any atom is 0.339 e. The lowest BCUT2D eigenvalue weighted by Crippen LogP contribution is -2.21. The smallest absolute Gasteiger partial charge is 0.339 e. The number of esters is 1. The van der Waals surface area contributed by atoms with Crippen molar-refractivity contribution in [3.8, 4) is 0 Å². The lowest BCUT2D eigenvalue weighted by Gasteiger charge is -2.17. The molecule has 1 heterocycles. The molecule has 2 N–H and O–H groups in total. The number of sulfonamides is 1. The average Bonchev–Trinajstić information content (AvgIpc) is 3.27. The van der Waals surface area contributed by atoms with E-state index in [0.29, 0.717) is 11.1 Å². The highest BCUT2D eigenvalue weighted by Crippen LogP contribution is 2.28. The lowest BCUT2D eigenvalue weighted by molar-refractivity contribution is 0.0280. The van der Waals surface area contributed by atoms with Crippen LogP contribution in [0, 0.1) is 0 Å². The van der Waals surface area contributed by atoms with Gasteiger partial charge in [-0.3, -0.25) is 4.79 Å². The molecule has 0 bridgehead atoms. The van der Waals surface area contributed by atoms with Crippen molar-refractivity contribution in [3.05, 3.63) is 102 Å². The number of carbonyl (C=O) groups excluding carboxylic acids is 2. The summed E-state index contributed by atoms with van der Waals surface area (Å²) in [7, 11) is -2.46. The van der Waals surface area contributed by atoms with Crippen LogP contribution in [-0.4, -0.2) is 32.2 Å². The van der Waals surface area contributed by atoms with Gasteiger partial charge in [0.15, 0.2) is 6.10 Å².